The van der Waals surface area contributed by atoms with E-state index in [2.05, 4.69) is 75.1 Å². The Morgan fingerprint density at radius 3 is 2.88 bits per heavy atom. The van der Waals surface area contributed by atoms with Gasteiger partial charge in [0.25, 0.3) is 0 Å². The molecule has 26 heavy (non-hydrogen) atoms. The van der Waals surface area contributed by atoms with Crippen molar-refractivity contribution in [1.29, 1.82) is 0 Å². The van der Waals surface area contributed by atoms with E-state index in [1.54, 1.807) is 6.33 Å². The Kier molecular flexibility index (Phi) is 4.98. The predicted octanol–water partition coefficient (Wildman–Crippen LogP) is 1.63. The summed E-state index contributed by atoms with van der Waals surface area (Å²) in [5, 5.41) is 1.11. The second-order valence-corrected chi connectivity index (χ2v) is 7.47. The molecule has 1 fully saturated rings. The summed E-state index contributed by atoms with van der Waals surface area (Å²) in [6.45, 7) is 6.42. The average Bonchev–Trinajstić information content (AvgIpc) is 2.69. The van der Waals surface area contributed by atoms with Crippen molar-refractivity contribution in [3.05, 3.63) is 52.9 Å². The number of piperidine rings is 1. The van der Waals surface area contributed by atoms with Crippen molar-refractivity contribution in [2.75, 3.05) is 31.6 Å². The molecule has 0 spiro atoms. The molecule has 136 valence electrons. The SMILES string of the molecule is C[C@@H]1CCN(Cc2ccccc2)C[C@@H]1N(C)c1ncnc2c1=CCCN=2. The second kappa shape index (κ2) is 7.54. The van der Waals surface area contributed by atoms with E-state index in [9.17, 15) is 0 Å². The van der Waals surface area contributed by atoms with Crippen LogP contribution in [-0.2, 0) is 6.54 Å². The third kappa shape index (κ3) is 3.49. The maximum Gasteiger partial charge on any atom is 0.159 e. The van der Waals surface area contributed by atoms with Gasteiger partial charge in [0.15, 0.2) is 5.49 Å². The molecule has 3 heterocycles. The number of likely N-dealkylation sites (tertiary alicyclic amines) is 1. The molecule has 4 rings (SSSR count). The van der Waals surface area contributed by atoms with Crippen LogP contribution in [0, 0.1) is 5.92 Å². The van der Waals surface area contributed by atoms with Crippen LogP contribution in [-0.4, -0.2) is 47.6 Å². The van der Waals surface area contributed by atoms with Crippen LogP contribution in [0.25, 0.3) is 6.08 Å². The molecule has 5 nitrogen and oxygen atoms in total. The molecule has 0 bridgehead atoms. The van der Waals surface area contributed by atoms with Crippen LogP contribution < -0.4 is 15.6 Å². The third-order valence-corrected chi connectivity index (χ3v) is 5.66. The lowest BCUT2D eigenvalue weighted by Gasteiger charge is -2.42. The van der Waals surface area contributed by atoms with Crippen LogP contribution in [0.4, 0.5) is 5.82 Å². The first kappa shape index (κ1) is 17.2. The standard InChI is InChI=1S/C21H27N5/c1-16-10-12-26(13-17-7-4-3-5-8-17)14-19(16)25(2)21-18-9-6-11-22-20(18)23-15-24-21/h3-5,7-9,15-16,19H,6,10-14H2,1-2H3/t16-,19+/m1/s1. The number of rotatable bonds is 4. The first-order valence-electron chi connectivity index (χ1n) is 9.57. The van der Waals surface area contributed by atoms with E-state index in [1.807, 2.05) is 0 Å². The van der Waals surface area contributed by atoms with Crippen LogP contribution in [0.3, 0.4) is 0 Å². The number of aromatic nitrogens is 2. The number of likely N-dealkylation sites (N-methyl/N-ethyl adjacent to an activating group) is 1. The second-order valence-electron chi connectivity index (χ2n) is 7.47. The fraction of sp³-hybridized carbons (Fsp3) is 0.476. The lowest BCUT2D eigenvalue weighted by Crippen LogP contribution is -2.53. The largest absolute Gasteiger partial charge is 0.354 e. The number of fused-ring (bicyclic) bond motifs is 1. The van der Waals surface area contributed by atoms with Gasteiger partial charge in [-0.1, -0.05) is 43.3 Å². The topological polar surface area (TPSA) is 44.6 Å². The van der Waals surface area contributed by atoms with Gasteiger partial charge in [0, 0.05) is 32.7 Å². The number of benzene rings is 1. The molecule has 0 radical (unpaired) electrons. The Bertz CT molecular complexity index is 864. The van der Waals surface area contributed by atoms with E-state index in [1.165, 1.54) is 12.0 Å². The molecule has 0 N–H and O–H groups in total. The van der Waals surface area contributed by atoms with E-state index in [0.717, 1.165) is 49.1 Å². The summed E-state index contributed by atoms with van der Waals surface area (Å²) in [5.74, 6) is 1.66. The molecule has 0 aliphatic carbocycles. The van der Waals surface area contributed by atoms with Crippen molar-refractivity contribution >= 4 is 11.9 Å². The minimum absolute atomic E-state index is 0.446. The van der Waals surface area contributed by atoms with Gasteiger partial charge >= 0.3 is 0 Å². The molecule has 0 unspecified atom stereocenters. The van der Waals surface area contributed by atoms with Crippen molar-refractivity contribution in [3.8, 4) is 0 Å². The van der Waals surface area contributed by atoms with Crippen LogP contribution >= 0.6 is 0 Å². The average molecular weight is 349 g/mol. The van der Waals surface area contributed by atoms with Crippen molar-refractivity contribution in [3.63, 3.8) is 0 Å². The fourth-order valence-electron chi connectivity index (χ4n) is 4.11. The summed E-state index contributed by atoms with van der Waals surface area (Å²) in [5.41, 5.74) is 2.23. The molecular formula is C21H27N5. The van der Waals surface area contributed by atoms with Crippen LogP contribution in [0.15, 0.2) is 41.7 Å². The summed E-state index contributed by atoms with van der Waals surface area (Å²) in [6.07, 6.45) is 6.08. The lowest BCUT2D eigenvalue weighted by molar-refractivity contribution is 0.159. The zero-order valence-electron chi connectivity index (χ0n) is 15.7. The Labute approximate surface area is 155 Å². The number of anilines is 1. The van der Waals surface area contributed by atoms with E-state index >= 15 is 0 Å². The summed E-state index contributed by atoms with van der Waals surface area (Å²) < 4.78 is 0. The highest BCUT2D eigenvalue weighted by atomic mass is 15.3. The zero-order chi connectivity index (χ0) is 17.9. The monoisotopic (exact) mass is 349 g/mol. The molecule has 0 amide bonds. The van der Waals surface area contributed by atoms with Crippen molar-refractivity contribution in [2.45, 2.75) is 32.4 Å². The molecule has 2 atom stereocenters. The number of nitrogens with zero attached hydrogens (tertiary/aromatic N) is 5. The van der Waals surface area contributed by atoms with Crippen LogP contribution in [0.2, 0.25) is 0 Å². The van der Waals surface area contributed by atoms with Crippen molar-refractivity contribution in [1.82, 2.24) is 14.9 Å². The van der Waals surface area contributed by atoms with Crippen molar-refractivity contribution < 1.29 is 0 Å². The highest BCUT2D eigenvalue weighted by molar-refractivity contribution is 5.45. The number of hydrogen-bond acceptors (Lipinski definition) is 5. The molecule has 0 saturated carbocycles. The van der Waals surface area contributed by atoms with Gasteiger partial charge in [-0.2, -0.15) is 0 Å². The Balaban J connectivity index is 1.56. The van der Waals surface area contributed by atoms with Crippen molar-refractivity contribution in [2.24, 2.45) is 10.9 Å². The molecular weight excluding hydrogens is 322 g/mol. The van der Waals surface area contributed by atoms with Gasteiger partial charge in [-0.15, -0.1) is 0 Å². The first-order valence-corrected chi connectivity index (χ1v) is 9.57. The minimum Gasteiger partial charge on any atom is -0.354 e. The minimum atomic E-state index is 0.446. The third-order valence-electron chi connectivity index (χ3n) is 5.66. The smallest absolute Gasteiger partial charge is 0.159 e. The summed E-state index contributed by atoms with van der Waals surface area (Å²) in [4.78, 5) is 18.4. The summed E-state index contributed by atoms with van der Waals surface area (Å²) in [6, 6.07) is 11.2. The van der Waals surface area contributed by atoms with Gasteiger partial charge in [0.2, 0.25) is 0 Å². The zero-order valence-corrected chi connectivity index (χ0v) is 15.7. The Hall–Kier alpha value is -2.27. The maximum atomic E-state index is 4.62. The van der Waals surface area contributed by atoms with Crippen LogP contribution in [0.1, 0.15) is 25.3 Å². The van der Waals surface area contributed by atoms with Gasteiger partial charge in [-0.3, -0.25) is 9.89 Å². The van der Waals surface area contributed by atoms with Crippen LogP contribution in [0.5, 0.6) is 0 Å². The molecule has 5 heteroatoms. The van der Waals surface area contributed by atoms with E-state index in [-0.39, 0.29) is 0 Å². The van der Waals surface area contributed by atoms with E-state index in [4.69, 9.17) is 0 Å². The maximum absolute atomic E-state index is 4.62. The fourth-order valence-corrected chi connectivity index (χ4v) is 4.11. The van der Waals surface area contributed by atoms with Gasteiger partial charge in [0.05, 0.1) is 5.22 Å². The van der Waals surface area contributed by atoms with Gasteiger partial charge in [-0.05, 0) is 30.9 Å². The molecule has 1 aromatic carbocycles. The Morgan fingerprint density at radius 1 is 1.19 bits per heavy atom. The quantitative estimate of drug-likeness (QED) is 0.842. The van der Waals surface area contributed by atoms with E-state index in [0.29, 0.717) is 12.0 Å². The Morgan fingerprint density at radius 2 is 2.04 bits per heavy atom. The highest BCUT2D eigenvalue weighted by Gasteiger charge is 2.30. The normalized spacial score (nSPS) is 22.8. The molecule has 2 aromatic rings. The number of hydrogen-bond donors (Lipinski definition) is 0. The van der Waals surface area contributed by atoms with E-state index < -0.39 is 0 Å². The van der Waals surface area contributed by atoms with Gasteiger partial charge < -0.3 is 4.90 Å². The summed E-state index contributed by atoms with van der Waals surface area (Å²) in [7, 11) is 2.18. The lowest BCUT2D eigenvalue weighted by atomic mass is 9.92. The summed E-state index contributed by atoms with van der Waals surface area (Å²) >= 11 is 0. The molecule has 2 aliphatic rings. The molecule has 2 aliphatic heterocycles. The first-order chi connectivity index (χ1) is 12.7. The van der Waals surface area contributed by atoms with Gasteiger partial charge in [-0.25, -0.2) is 9.97 Å². The molecule has 1 aromatic heterocycles. The predicted molar refractivity (Wildman–Crippen MR) is 104 cm³/mol. The molecule has 1 saturated heterocycles. The highest BCUT2D eigenvalue weighted by Crippen LogP contribution is 2.24. The van der Waals surface area contributed by atoms with Gasteiger partial charge in [0.1, 0.15) is 12.1 Å².